The number of aromatic nitrogens is 1. The molecule has 0 saturated heterocycles. The molecular weight excluding hydrogens is 322 g/mol. The van der Waals surface area contributed by atoms with E-state index in [0.717, 1.165) is 17.5 Å². The SMILES string of the molecule is CCCOc1cc(-c2c[nH]c(=O)c(CCC(=O)OC)c2)ccc1OC. The van der Waals surface area contributed by atoms with Crippen molar-refractivity contribution in [3.05, 3.63) is 46.4 Å². The number of carbonyl (C=O) groups excluding carboxylic acids is 1. The van der Waals surface area contributed by atoms with E-state index in [2.05, 4.69) is 9.72 Å². The molecule has 0 aliphatic rings. The quantitative estimate of drug-likeness (QED) is 0.744. The van der Waals surface area contributed by atoms with Gasteiger partial charge in [-0.25, -0.2) is 0 Å². The molecule has 0 fully saturated rings. The zero-order valence-electron chi connectivity index (χ0n) is 14.8. The second kappa shape index (κ2) is 8.92. The molecule has 1 aromatic heterocycles. The second-order valence-electron chi connectivity index (χ2n) is 5.53. The van der Waals surface area contributed by atoms with Crippen molar-refractivity contribution >= 4 is 5.97 Å². The van der Waals surface area contributed by atoms with Gasteiger partial charge in [0.15, 0.2) is 11.5 Å². The van der Waals surface area contributed by atoms with E-state index in [9.17, 15) is 9.59 Å². The van der Waals surface area contributed by atoms with E-state index in [0.29, 0.717) is 30.1 Å². The van der Waals surface area contributed by atoms with Gasteiger partial charge in [0.25, 0.3) is 5.56 Å². The van der Waals surface area contributed by atoms with E-state index < -0.39 is 0 Å². The zero-order valence-corrected chi connectivity index (χ0v) is 14.8. The number of aromatic amines is 1. The molecule has 0 radical (unpaired) electrons. The van der Waals surface area contributed by atoms with Gasteiger partial charge in [0.1, 0.15) is 0 Å². The van der Waals surface area contributed by atoms with E-state index in [-0.39, 0.29) is 17.9 Å². The largest absolute Gasteiger partial charge is 0.493 e. The van der Waals surface area contributed by atoms with Gasteiger partial charge in [0, 0.05) is 18.2 Å². The second-order valence-corrected chi connectivity index (χ2v) is 5.53. The lowest BCUT2D eigenvalue weighted by Crippen LogP contribution is -2.14. The zero-order chi connectivity index (χ0) is 18.2. The van der Waals surface area contributed by atoms with Crippen molar-refractivity contribution in [2.45, 2.75) is 26.2 Å². The molecule has 1 N–H and O–H groups in total. The lowest BCUT2D eigenvalue weighted by atomic mass is 10.0. The standard InChI is InChI=1S/C19H23NO5/c1-4-9-25-17-11-13(5-7-16(17)23-2)15-10-14(19(22)20-12-15)6-8-18(21)24-3/h5,7,10-12H,4,6,8-9H2,1-3H3,(H,20,22). The molecular formula is C19H23NO5. The van der Waals surface area contributed by atoms with Crippen LogP contribution in [0.1, 0.15) is 25.3 Å². The molecule has 6 heteroatoms. The predicted molar refractivity (Wildman–Crippen MR) is 95.2 cm³/mol. The number of methoxy groups -OCH3 is 2. The molecule has 0 saturated carbocycles. The lowest BCUT2D eigenvalue weighted by molar-refractivity contribution is -0.140. The summed E-state index contributed by atoms with van der Waals surface area (Å²) in [5, 5.41) is 0. The molecule has 6 nitrogen and oxygen atoms in total. The van der Waals surface area contributed by atoms with Gasteiger partial charge >= 0.3 is 5.97 Å². The molecule has 0 bridgehead atoms. The highest BCUT2D eigenvalue weighted by atomic mass is 16.5. The molecule has 1 heterocycles. The maximum atomic E-state index is 12.0. The number of hydrogen-bond acceptors (Lipinski definition) is 5. The Morgan fingerprint density at radius 2 is 1.92 bits per heavy atom. The van der Waals surface area contributed by atoms with Crippen molar-refractivity contribution in [1.29, 1.82) is 0 Å². The summed E-state index contributed by atoms with van der Waals surface area (Å²) in [5.74, 6) is 0.973. The van der Waals surface area contributed by atoms with Crippen molar-refractivity contribution in [3.8, 4) is 22.6 Å². The summed E-state index contributed by atoms with van der Waals surface area (Å²) < 4.78 is 15.7. The summed E-state index contributed by atoms with van der Waals surface area (Å²) in [6, 6.07) is 7.40. The van der Waals surface area contributed by atoms with Crippen LogP contribution in [-0.2, 0) is 16.0 Å². The summed E-state index contributed by atoms with van der Waals surface area (Å²) in [6.45, 7) is 2.63. The third kappa shape index (κ3) is 4.86. The van der Waals surface area contributed by atoms with Crippen molar-refractivity contribution in [3.63, 3.8) is 0 Å². The number of H-pyrrole nitrogens is 1. The number of hydrogen-bond donors (Lipinski definition) is 1. The maximum Gasteiger partial charge on any atom is 0.305 e. The predicted octanol–water partition coefficient (Wildman–Crippen LogP) is 2.94. The molecule has 0 atom stereocenters. The van der Waals surface area contributed by atoms with Crippen LogP contribution in [0.3, 0.4) is 0 Å². The van der Waals surface area contributed by atoms with E-state index >= 15 is 0 Å². The minimum atomic E-state index is -0.343. The fraction of sp³-hybridized carbons (Fsp3) is 0.368. The molecule has 0 aliphatic carbocycles. The van der Waals surface area contributed by atoms with E-state index in [1.54, 1.807) is 19.4 Å². The lowest BCUT2D eigenvalue weighted by Gasteiger charge is -2.12. The van der Waals surface area contributed by atoms with Crippen LogP contribution in [0, 0.1) is 0 Å². The molecule has 0 aliphatic heterocycles. The van der Waals surface area contributed by atoms with Crippen LogP contribution >= 0.6 is 0 Å². The van der Waals surface area contributed by atoms with Gasteiger partial charge in [-0.05, 0) is 42.2 Å². The maximum absolute atomic E-state index is 12.0. The number of rotatable bonds is 8. The highest BCUT2D eigenvalue weighted by Crippen LogP contribution is 2.32. The first kappa shape index (κ1) is 18.6. The monoisotopic (exact) mass is 345 g/mol. The smallest absolute Gasteiger partial charge is 0.305 e. The number of carbonyl (C=O) groups is 1. The average Bonchev–Trinajstić information content (AvgIpc) is 2.65. The molecule has 0 spiro atoms. The highest BCUT2D eigenvalue weighted by Gasteiger charge is 2.10. The number of esters is 1. The van der Waals surface area contributed by atoms with E-state index in [1.807, 2.05) is 25.1 Å². The normalized spacial score (nSPS) is 10.4. The summed E-state index contributed by atoms with van der Waals surface area (Å²) in [7, 11) is 2.93. The van der Waals surface area contributed by atoms with Crippen molar-refractivity contribution < 1.29 is 19.0 Å². The van der Waals surface area contributed by atoms with Crippen LogP contribution in [0.15, 0.2) is 35.3 Å². The van der Waals surface area contributed by atoms with Crippen molar-refractivity contribution in [2.75, 3.05) is 20.8 Å². The molecule has 25 heavy (non-hydrogen) atoms. The molecule has 0 amide bonds. The Morgan fingerprint density at radius 3 is 2.60 bits per heavy atom. The van der Waals surface area contributed by atoms with Crippen LogP contribution in [-0.4, -0.2) is 31.8 Å². The summed E-state index contributed by atoms with van der Waals surface area (Å²) in [4.78, 5) is 26.0. The minimum Gasteiger partial charge on any atom is -0.493 e. The van der Waals surface area contributed by atoms with Gasteiger partial charge in [-0.2, -0.15) is 0 Å². The Hall–Kier alpha value is -2.76. The van der Waals surface area contributed by atoms with Crippen LogP contribution in [0.5, 0.6) is 11.5 Å². The van der Waals surface area contributed by atoms with Crippen LogP contribution in [0.25, 0.3) is 11.1 Å². The van der Waals surface area contributed by atoms with E-state index in [1.165, 1.54) is 7.11 Å². The van der Waals surface area contributed by atoms with Gasteiger partial charge in [-0.15, -0.1) is 0 Å². The third-order valence-electron chi connectivity index (χ3n) is 3.76. The van der Waals surface area contributed by atoms with E-state index in [4.69, 9.17) is 9.47 Å². The van der Waals surface area contributed by atoms with Crippen LogP contribution < -0.4 is 15.0 Å². The molecule has 134 valence electrons. The molecule has 2 rings (SSSR count). The first-order valence-corrected chi connectivity index (χ1v) is 8.18. The number of pyridine rings is 1. The Morgan fingerprint density at radius 1 is 1.12 bits per heavy atom. The van der Waals surface area contributed by atoms with Gasteiger partial charge in [0.05, 0.1) is 20.8 Å². The summed E-state index contributed by atoms with van der Waals surface area (Å²) >= 11 is 0. The van der Waals surface area contributed by atoms with Crippen LogP contribution in [0.4, 0.5) is 0 Å². The van der Waals surface area contributed by atoms with Gasteiger partial charge < -0.3 is 19.2 Å². The Balaban J connectivity index is 2.31. The molecule has 2 aromatic rings. The highest BCUT2D eigenvalue weighted by molar-refractivity contribution is 5.70. The number of ether oxygens (including phenoxy) is 3. The molecule has 1 aromatic carbocycles. The summed E-state index contributed by atoms with van der Waals surface area (Å²) in [6.07, 6.45) is 3.03. The third-order valence-corrected chi connectivity index (χ3v) is 3.76. The van der Waals surface area contributed by atoms with Gasteiger partial charge in [0.2, 0.25) is 0 Å². The fourth-order valence-corrected chi connectivity index (χ4v) is 2.40. The van der Waals surface area contributed by atoms with Gasteiger partial charge in [-0.1, -0.05) is 13.0 Å². The van der Waals surface area contributed by atoms with Crippen molar-refractivity contribution in [2.24, 2.45) is 0 Å². The first-order chi connectivity index (χ1) is 12.1. The number of benzene rings is 1. The Bertz CT molecular complexity index is 782. The Labute approximate surface area is 146 Å². The van der Waals surface area contributed by atoms with Crippen LogP contribution in [0.2, 0.25) is 0 Å². The minimum absolute atomic E-state index is 0.163. The topological polar surface area (TPSA) is 77.6 Å². The van der Waals surface area contributed by atoms with Crippen molar-refractivity contribution in [1.82, 2.24) is 4.98 Å². The van der Waals surface area contributed by atoms with Gasteiger partial charge in [-0.3, -0.25) is 9.59 Å². The number of aryl methyl sites for hydroxylation is 1. The number of nitrogens with one attached hydrogen (secondary N) is 1. The first-order valence-electron chi connectivity index (χ1n) is 8.18. The Kier molecular flexibility index (Phi) is 6.62. The average molecular weight is 345 g/mol. The fourth-order valence-electron chi connectivity index (χ4n) is 2.40. The molecule has 0 unspecified atom stereocenters. The summed E-state index contributed by atoms with van der Waals surface area (Å²) in [5.41, 5.74) is 2.06.